The molecule has 1 atom stereocenters. The summed E-state index contributed by atoms with van der Waals surface area (Å²) in [5.41, 5.74) is 0. The standard InChI is InChI=1S/C17H30N2O/c1-3-10-18-13-16-7-8-17(20-16)14-19-11-5-6-15(4-2)9-12-19/h7-8,15,18H,3-6,9-14H2,1-2H3. The van der Waals surface area contributed by atoms with Gasteiger partial charge in [-0.25, -0.2) is 0 Å². The van der Waals surface area contributed by atoms with E-state index in [1.54, 1.807) is 0 Å². The van der Waals surface area contributed by atoms with Crippen molar-refractivity contribution in [3.8, 4) is 0 Å². The Balaban J connectivity index is 1.78. The van der Waals surface area contributed by atoms with Gasteiger partial charge in [0.15, 0.2) is 0 Å². The Hall–Kier alpha value is -0.800. The van der Waals surface area contributed by atoms with Gasteiger partial charge < -0.3 is 9.73 Å². The number of rotatable bonds is 7. The molecule has 0 amide bonds. The average molecular weight is 278 g/mol. The molecule has 114 valence electrons. The van der Waals surface area contributed by atoms with Gasteiger partial charge >= 0.3 is 0 Å². The largest absolute Gasteiger partial charge is 0.463 e. The van der Waals surface area contributed by atoms with Gasteiger partial charge in [0.1, 0.15) is 11.5 Å². The fraction of sp³-hybridized carbons (Fsp3) is 0.765. The first-order valence-corrected chi connectivity index (χ1v) is 8.32. The van der Waals surface area contributed by atoms with E-state index in [4.69, 9.17) is 4.42 Å². The van der Waals surface area contributed by atoms with Gasteiger partial charge in [0, 0.05) is 0 Å². The van der Waals surface area contributed by atoms with Crippen LogP contribution < -0.4 is 5.32 Å². The lowest BCUT2D eigenvalue weighted by atomic mass is 9.98. The summed E-state index contributed by atoms with van der Waals surface area (Å²) in [6, 6.07) is 4.26. The zero-order valence-electron chi connectivity index (χ0n) is 13.2. The monoisotopic (exact) mass is 278 g/mol. The number of furan rings is 1. The summed E-state index contributed by atoms with van der Waals surface area (Å²) >= 11 is 0. The minimum absolute atomic E-state index is 0.853. The van der Waals surface area contributed by atoms with Crippen LogP contribution in [0.4, 0.5) is 0 Å². The second-order valence-corrected chi connectivity index (χ2v) is 6.03. The minimum Gasteiger partial charge on any atom is -0.463 e. The Morgan fingerprint density at radius 3 is 2.85 bits per heavy atom. The molecule has 1 aliphatic heterocycles. The molecule has 2 heterocycles. The van der Waals surface area contributed by atoms with E-state index in [0.29, 0.717) is 0 Å². The highest BCUT2D eigenvalue weighted by Gasteiger charge is 2.16. The Kier molecular flexibility index (Phi) is 6.61. The van der Waals surface area contributed by atoms with Gasteiger partial charge in [-0.05, 0) is 63.4 Å². The number of hydrogen-bond acceptors (Lipinski definition) is 3. The molecule has 0 spiro atoms. The van der Waals surface area contributed by atoms with Gasteiger partial charge in [0.2, 0.25) is 0 Å². The third kappa shape index (κ3) is 4.95. The number of likely N-dealkylation sites (tertiary alicyclic amines) is 1. The van der Waals surface area contributed by atoms with Gasteiger partial charge in [-0.3, -0.25) is 4.90 Å². The van der Waals surface area contributed by atoms with Crippen LogP contribution in [0.15, 0.2) is 16.5 Å². The lowest BCUT2D eigenvalue weighted by Gasteiger charge is -2.18. The number of hydrogen-bond donors (Lipinski definition) is 1. The first-order chi connectivity index (χ1) is 9.81. The zero-order chi connectivity index (χ0) is 14.2. The zero-order valence-corrected chi connectivity index (χ0v) is 13.2. The highest BCUT2D eigenvalue weighted by Crippen LogP contribution is 2.21. The molecule has 1 unspecified atom stereocenters. The van der Waals surface area contributed by atoms with Crippen LogP contribution in [-0.4, -0.2) is 24.5 Å². The minimum atomic E-state index is 0.853. The van der Waals surface area contributed by atoms with Gasteiger partial charge in [0.05, 0.1) is 13.1 Å². The molecule has 1 fully saturated rings. The van der Waals surface area contributed by atoms with E-state index in [1.807, 2.05) is 0 Å². The molecule has 0 aliphatic carbocycles. The van der Waals surface area contributed by atoms with Crippen molar-refractivity contribution < 1.29 is 4.42 Å². The Labute approximate surface area is 123 Å². The molecular weight excluding hydrogens is 248 g/mol. The quantitative estimate of drug-likeness (QED) is 0.769. The fourth-order valence-electron chi connectivity index (χ4n) is 3.00. The maximum absolute atomic E-state index is 5.92. The summed E-state index contributed by atoms with van der Waals surface area (Å²) in [5, 5.41) is 3.38. The highest BCUT2D eigenvalue weighted by atomic mass is 16.3. The van der Waals surface area contributed by atoms with Crippen LogP contribution in [0.2, 0.25) is 0 Å². The lowest BCUT2D eigenvalue weighted by Crippen LogP contribution is -2.24. The van der Waals surface area contributed by atoms with Gasteiger partial charge in [-0.1, -0.05) is 20.3 Å². The topological polar surface area (TPSA) is 28.4 Å². The van der Waals surface area contributed by atoms with Crippen LogP contribution in [0.3, 0.4) is 0 Å². The van der Waals surface area contributed by atoms with Gasteiger partial charge in [0.25, 0.3) is 0 Å². The van der Waals surface area contributed by atoms with E-state index < -0.39 is 0 Å². The number of nitrogens with one attached hydrogen (secondary N) is 1. The van der Waals surface area contributed by atoms with Crippen LogP contribution in [0, 0.1) is 5.92 Å². The Bertz CT molecular complexity index is 375. The molecule has 0 saturated carbocycles. The van der Waals surface area contributed by atoms with Gasteiger partial charge in [-0.15, -0.1) is 0 Å². The molecule has 1 aromatic heterocycles. The molecule has 0 aromatic carbocycles. The van der Waals surface area contributed by atoms with Crippen molar-refractivity contribution >= 4 is 0 Å². The van der Waals surface area contributed by atoms with E-state index in [1.165, 1.54) is 45.2 Å². The van der Waals surface area contributed by atoms with E-state index in [-0.39, 0.29) is 0 Å². The maximum atomic E-state index is 5.92. The Morgan fingerprint density at radius 2 is 2.05 bits per heavy atom. The normalized spacial score (nSPS) is 21.0. The number of nitrogens with zero attached hydrogens (tertiary/aromatic N) is 1. The van der Waals surface area contributed by atoms with E-state index in [2.05, 4.69) is 36.2 Å². The lowest BCUT2D eigenvalue weighted by molar-refractivity contribution is 0.246. The van der Waals surface area contributed by atoms with Crippen molar-refractivity contribution in [2.75, 3.05) is 19.6 Å². The maximum Gasteiger partial charge on any atom is 0.118 e. The van der Waals surface area contributed by atoms with Crippen LogP contribution in [-0.2, 0) is 13.1 Å². The highest BCUT2D eigenvalue weighted by molar-refractivity contribution is 5.07. The fourth-order valence-corrected chi connectivity index (χ4v) is 3.00. The van der Waals surface area contributed by atoms with Crippen molar-refractivity contribution in [2.24, 2.45) is 5.92 Å². The molecule has 0 radical (unpaired) electrons. The van der Waals surface area contributed by atoms with Crippen molar-refractivity contribution in [1.29, 1.82) is 0 Å². The van der Waals surface area contributed by atoms with E-state index >= 15 is 0 Å². The van der Waals surface area contributed by atoms with Crippen molar-refractivity contribution in [1.82, 2.24) is 10.2 Å². The summed E-state index contributed by atoms with van der Waals surface area (Å²) in [5.74, 6) is 3.12. The molecule has 1 N–H and O–H groups in total. The molecule has 20 heavy (non-hydrogen) atoms. The van der Waals surface area contributed by atoms with Crippen LogP contribution in [0.1, 0.15) is 57.5 Å². The summed E-state index contributed by atoms with van der Waals surface area (Å²) in [4.78, 5) is 2.55. The van der Waals surface area contributed by atoms with Crippen LogP contribution in [0.25, 0.3) is 0 Å². The smallest absolute Gasteiger partial charge is 0.118 e. The van der Waals surface area contributed by atoms with E-state index in [0.717, 1.165) is 37.1 Å². The molecular formula is C17H30N2O. The average Bonchev–Trinajstić information content (AvgIpc) is 2.77. The van der Waals surface area contributed by atoms with Crippen LogP contribution in [0.5, 0.6) is 0 Å². The van der Waals surface area contributed by atoms with Crippen molar-refractivity contribution in [2.45, 2.75) is 59.0 Å². The third-order valence-electron chi connectivity index (χ3n) is 4.34. The molecule has 2 rings (SSSR count). The van der Waals surface area contributed by atoms with Crippen molar-refractivity contribution in [3.63, 3.8) is 0 Å². The Morgan fingerprint density at radius 1 is 1.20 bits per heavy atom. The molecule has 1 aromatic rings. The predicted molar refractivity (Wildman–Crippen MR) is 83.6 cm³/mol. The molecule has 1 saturated heterocycles. The molecule has 0 bridgehead atoms. The molecule has 3 nitrogen and oxygen atoms in total. The van der Waals surface area contributed by atoms with Gasteiger partial charge in [-0.2, -0.15) is 0 Å². The predicted octanol–water partition coefficient (Wildman–Crippen LogP) is 3.79. The van der Waals surface area contributed by atoms with Crippen LogP contribution >= 0.6 is 0 Å². The summed E-state index contributed by atoms with van der Waals surface area (Å²) in [6.45, 7) is 9.84. The first-order valence-electron chi connectivity index (χ1n) is 8.32. The third-order valence-corrected chi connectivity index (χ3v) is 4.34. The molecule has 1 aliphatic rings. The van der Waals surface area contributed by atoms with Crippen molar-refractivity contribution in [3.05, 3.63) is 23.7 Å². The van der Waals surface area contributed by atoms with E-state index in [9.17, 15) is 0 Å². The second kappa shape index (κ2) is 8.48. The summed E-state index contributed by atoms with van der Waals surface area (Å²) in [7, 11) is 0. The SMILES string of the molecule is CCCNCc1ccc(CN2CCCC(CC)CC2)o1. The summed E-state index contributed by atoms with van der Waals surface area (Å²) < 4.78 is 5.92. The second-order valence-electron chi connectivity index (χ2n) is 6.03. The summed E-state index contributed by atoms with van der Waals surface area (Å²) in [6.07, 6.45) is 6.59. The first kappa shape index (κ1) is 15.6. The molecule has 3 heteroatoms.